The number of aryl methyl sites for hydroxylation is 1. The molecule has 1 atom stereocenters. The SMILES string of the molecule is CC1=NN(c2ccccc2)C(=O)[C@@H]1Sc1n[nH]c(C)n1. The third-order valence-electron chi connectivity index (χ3n) is 2.87. The molecular formula is C13H13N5OS. The number of aromatic nitrogens is 3. The average molecular weight is 287 g/mol. The monoisotopic (exact) mass is 287 g/mol. The molecule has 1 aromatic heterocycles. The second-order valence-corrected chi connectivity index (χ2v) is 5.50. The van der Waals surface area contributed by atoms with Crippen molar-refractivity contribution in [3.8, 4) is 0 Å². The molecule has 1 N–H and O–H groups in total. The lowest BCUT2D eigenvalue weighted by Crippen LogP contribution is -2.29. The second-order valence-electron chi connectivity index (χ2n) is 4.43. The first-order valence-electron chi connectivity index (χ1n) is 6.15. The number of carbonyl (C=O) groups excluding carboxylic acids is 1. The van der Waals surface area contributed by atoms with Crippen LogP contribution in [-0.4, -0.2) is 32.1 Å². The van der Waals surface area contributed by atoms with Crippen LogP contribution in [-0.2, 0) is 4.79 Å². The molecule has 6 nitrogen and oxygen atoms in total. The highest BCUT2D eigenvalue weighted by Gasteiger charge is 2.36. The predicted molar refractivity (Wildman–Crippen MR) is 77.8 cm³/mol. The number of aromatic amines is 1. The Bertz CT molecular complexity index is 666. The highest BCUT2D eigenvalue weighted by atomic mass is 32.2. The van der Waals surface area contributed by atoms with E-state index in [1.165, 1.54) is 16.8 Å². The molecule has 2 aromatic rings. The van der Waals surface area contributed by atoms with Crippen LogP contribution in [0, 0.1) is 6.92 Å². The standard InChI is InChI=1S/C13H13N5OS/c1-8-11(20-13-14-9(2)15-16-13)12(19)18(17-8)10-6-4-3-5-7-10/h3-7,11H,1-2H3,(H,14,15,16)/t11-/m1/s1. The lowest BCUT2D eigenvalue weighted by Gasteiger charge is -2.13. The van der Waals surface area contributed by atoms with Gasteiger partial charge in [-0.15, -0.1) is 5.10 Å². The Hall–Kier alpha value is -2.15. The molecule has 1 aliphatic heterocycles. The normalized spacial score (nSPS) is 18.5. The number of amides is 1. The molecule has 3 rings (SSSR count). The van der Waals surface area contributed by atoms with Crippen molar-refractivity contribution in [1.82, 2.24) is 15.2 Å². The van der Waals surface area contributed by atoms with E-state index < -0.39 is 0 Å². The van der Waals surface area contributed by atoms with E-state index in [1.807, 2.05) is 44.2 Å². The van der Waals surface area contributed by atoms with E-state index in [1.54, 1.807) is 0 Å². The van der Waals surface area contributed by atoms with Crippen LogP contribution in [0.5, 0.6) is 0 Å². The van der Waals surface area contributed by atoms with Gasteiger partial charge in [0.15, 0.2) is 0 Å². The van der Waals surface area contributed by atoms with Crippen LogP contribution in [0.25, 0.3) is 0 Å². The Kier molecular flexibility index (Phi) is 3.27. The summed E-state index contributed by atoms with van der Waals surface area (Å²) in [6, 6.07) is 9.39. The van der Waals surface area contributed by atoms with E-state index in [9.17, 15) is 4.79 Å². The van der Waals surface area contributed by atoms with Gasteiger partial charge in [0.05, 0.1) is 11.4 Å². The van der Waals surface area contributed by atoms with Gasteiger partial charge in [-0.05, 0) is 26.0 Å². The van der Waals surface area contributed by atoms with Crippen LogP contribution in [0.4, 0.5) is 5.69 Å². The summed E-state index contributed by atoms with van der Waals surface area (Å²) in [5.74, 6) is 0.661. The van der Waals surface area contributed by atoms with Gasteiger partial charge in [-0.1, -0.05) is 30.0 Å². The maximum Gasteiger partial charge on any atom is 0.266 e. The lowest BCUT2D eigenvalue weighted by atomic mass is 10.3. The minimum atomic E-state index is -0.370. The largest absolute Gasteiger partial charge is 0.271 e. The fourth-order valence-electron chi connectivity index (χ4n) is 1.92. The highest BCUT2D eigenvalue weighted by molar-refractivity contribution is 8.01. The molecule has 0 bridgehead atoms. The van der Waals surface area contributed by atoms with Crippen molar-refractivity contribution in [2.45, 2.75) is 24.3 Å². The zero-order chi connectivity index (χ0) is 14.1. The summed E-state index contributed by atoms with van der Waals surface area (Å²) in [4.78, 5) is 16.7. The number of anilines is 1. The van der Waals surface area contributed by atoms with Gasteiger partial charge in [-0.3, -0.25) is 9.89 Å². The molecule has 0 spiro atoms. The fraction of sp³-hybridized carbons (Fsp3) is 0.231. The quantitative estimate of drug-likeness (QED) is 0.937. The Morgan fingerprint density at radius 1 is 1.25 bits per heavy atom. The van der Waals surface area contributed by atoms with E-state index in [4.69, 9.17) is 0 Å². The number of carbonyl (C=O) groups is 1. The number of hydrogen-bond acceptors (Lipinski definition) is 5. The summed E-state index contributed by atoms with van der Waals surface area (Å²) in [6.07, 6.45) is 0. The first-order valence-corrected chi connectivity index (χ1v) is 7.03. The molecule has 102 valence electrons. The molecule has 1 aliphatic rings. The zero-order valence-corrected chi connectivity index (χ0v) is 11.9. The zero-order valence-electron chi connectivity index (χ0n) is 11.1. The molecule has 0 fully saturated rings. The number of hydrazone groups is 1. The Labute approximate surface area is 120 Å². The number of nitrogens with one attached hydrogen (secondary N) is 1. The third-order valence-corrected chi connectivity index (χ3v) is 4.04. The topological polar surface area (TPSA) is 74.2 Å². The van der Waals surface area contributed by atoms with Gasteiger partial charge in [0, 0.05) is 0 Å². The second kappa shape index (κ2) is 5.09. The summed E-state index contributed by atoms with van der Waals surface area (Å²) >= 11 is 1.31. The number of thioether (sulfide) groups is 1. The highest BCUT2D eigenvalue weighted by Crippen LogP contribution is 2.29. The molecule has 0 saturated heterocycles. The molecular weight excluding hydrogens is 274 g/mol. The molecule has 0 unspecified atom stereocenters. The Balaban J connectivity index is 1.82. The van der Waals surface area contributed by atoms with Crippen molar-refractivity contribution < 1.29 is 4.79 Å². The van der Waals surface area contributed by atoms with Gasteiger partial charge in [0.25, 0.3) is 5.91 Å². The maximum atomic E-state index is 12.5. The molecule has 0 saturated carbocycles. The predicted octanol–water partition coefficient (Wildman–Crippen LogP) is 2.00. The van der Waals surface area contributed by atoms with Crippen LogP contribution in [0.2, 0.25) is 0 Å². The van der Waals surface area contributed by atoms with Crippen molar-refractivity contribution in [3.63, 3.8) is 0 Å². The first kappa shape index (κ1) is 12.9. The molecule has 7 heteroatoms. The summed E-state index contributed by atoms with van der Waals surface area (Å²) < 4.78 is 0. The maximum absolute atomic E-state index is 12.5. The molecule has 0 aliphatic carbocycles. The van der Waals surface area contributed by atoms with Crippen molar-refractivity contribution in [2.24, 2.45) is 5.10 Å². The Morgan fingerprint density at radius 3 is 2.65 bits per heavy atom. The van der Waals surface area contributed by atoms with Crippen LogP contribution >= 0.6 is 11.8 Å². The minimum absolute atomic E-state index is 0.0684. The van der Waals surface area contributed by atoms with E-state index in [2.05, 4.69) is 20.3 Å². The smallest absolute Gasteiger partial charge is 0.266 e. The van der Waals surface area contributed by atoms with Crippen LogP contribution in [0.15, 0.2) is 40.6 Å². The fourth-order valence-corrected chi connectivity index (χ4v) is 2.84. The molecule has 1 aromatic carbocycles. The third kappa shape index (κ3) is 2.32. The summed E-state index contributed by atoms with van der Waals surface area (Å²) in [5, 5.41) is 12.8. The van der Waals surface area contributed by atoms with E-state index in [0.29, 0.717) is 5.16 Å². The molecule has 0 radical (unpaired) electrons. The van der Waals surface area contributed by atoms with E-state index >= 15 is 0 Å². The summed E-state index contributed by atoms with van der Waals surface area (Å²) in [5.41, 5.74) is 1.53. The summed E-state index contributed by atoms with van der Waals surface area (Å²) in [7, 11) is 0. The summed E-state index contributed by atoms with van der Waals surface area (Å²) in [6.45, 7) is 3.67. The molecule has 1 amide bonds. The Morgan fingerprint density at radius 2 is 2.00 bits per heavy atom. The number of rotatable bonds is 3. The van der Waals surface area contributed by atoms with Crippen LogP contribution < -0.4 is 5.01 Å². The van der Waals surface area contributed by atoms with Crippen molar-refractivity contribution in [2.75, 3.05) is 5.01 Å². The number of para-hydroxylation sites is 1. The number of hydrogen-bond donors (Lipinski definition) is 1. The average Bonchev–Trinajstić information content (AvgIpc) is 2.98. The molecule has 20 heavy (non-hydrogen) atoms. The van der Waals surface area contributed by atoms with Gasteiger partial charge in [-0.25, -0.2) is 4.98 Å². The number of nitrogens with zero attached hydrogens (tertiary/aromatic N) is 4. The number of H-pyrrole nitrogens is 1. The minimum Gasteiger partial charge on any atom is -0.271 e. The lowest BCUT2D eigenvalue weighted by molar-refractivity contribution is -0.116. The van der Waals surface area contributed by atoms with Gasteiger partial charge in [0.2, 0.25) is 5.16 Å². The van der Waals surface area contributed by atoms with Gasteiger partial charge >= 0.3 is 0 Å². The van der Waals surface area contributed by atoms with Gasteiger partial charge < -0.3 is 0 Å². The van der Waals surface area contributed by atoms with E-state index in [-0.39, 0.29) is 11.2 Å². The first-order chi connectivity index (χ1) is 9.65. The van der Waals surface area contributed by atoms with Gasteiger partial charge in [0.1, 0.15) is 11.1 Å². The van der Waals surface area contributed by atoms with Crippen LogP contribution in [0.3, 0.4) is 0 Å². The van der Waals surface area contributed by atoms with Crippen molar-refractivity contribution in [1.29, 1.82) is 0 Å². The van der Waals surface area contributed by atoms with Gasteiger partial charge in [-0.2, -0.15) is 10.1 Å². The van der Waals surface area contributed by atoms with Crippen molar-refractivity contribution >= 4 is 29.1 Å². The van der Waals surface area contributed by atoms with E-state index in [0.717, 1.165) is 17.2 Å². The van der Waals surface area contributed by atoms with Crippen molar-refractivity contribution in [3.05, 3.63) is 36.2 Å². The number of benzene rings is 1. The molecule has 2 heterocycles. The van der Waals surface area contributed by atoms with Crippen LogP contribution in [0.1, 0.15) is 12.7 Å².